The summed E-state index contributed by atoms with van der Waals surface area (Å²) in [5, 5.41) is 20.2. The van der Waals surface area contributed by atoms with Crippen LogP contribution >= 0.6 is 0 Å². The average molecular weight is 264 g/mol. The van der Waals surface area contributed by atoms with Gasteiger partial charge in [0.15, 0.2) is 0 Å². The number of hydrogen-bond acceptors (Lipinski definition) is 4. The number of benzene rings is 1. The van der Waals surface area contributed by atoms with Crippen molar-refractivity contribution in [3.8, 4) is 0 Å². The lowest BCUT2D eigenvalue weighted by Gasteiger charge is -2.37. The van der Waals surface area contributed by atoms with Gasteiger partial charge in [0.05, 0.1) is 10.3 Å². The number of hydrogen-bond donors (Lipinski definition) is 1. The van der Waals surface area contributed by atoms with Gasteiger partial charge in [0.2, 0.25) is 0 Å². The molecule has 2 rings (SSSR count). The second-order valence-electron chi connectivity index (χ2n) is 4.99. The third-order valence-corrected chi connectivity index (χ3v) is 3.88. The van der Waals surface area contributed by atoms with Crippen molar-refractivity contribution in [2.24, 2.45) is 0 Å². The molecule has 1 saturated heterocycles. The Morgan fingerprint density at radius 1 is 1.32 bits per heavy atom. The fourth-order valence-electron chi connectivity index (χ4n) is 2.53. The number of carbonyl (C=O) groups is 1. The molecule has 0 spiro atoms. The molecule has 1 heterocycles. The van der Waals surface area contributed by atoms with Gasteiger partial charge >= 0.3 is 5.97 Å². The van der Waals surface area contributed by atoms with Gasteiger partial charge < -0.3 is 10.0 Å². The molecule has 0 saturated carbocycles. The minimum Gasteiger partial charge on any atom is -0.481 e. The number of nitrogens with zero attached hydrogens (tertiary/aromatic N) is 2. The third-order valence-electron chi connectivity index (χ3n) is 3.88. The Morgan fingerprint density at radius 2 is 1.84 bits per heavy atom. The van der Waals surface area contributed by atoms with Crippen LogP contribution in [-0.2, 0) is 10.2 Å². The maximum Gasteiger partial charge on any atom is 0.314 e. The van der Waals surface area contributed by atoms with E-state index in [0.717, 1.165) is 0 Å². The first-order valence-electron chi connectivity index (χ1n) is 6.12. The van der Waals surface area contributed by atoms with Crippen LogP contribution in [0.4, 0.5) is 5.69 Å². The fourth-order valence-corrected chi connectivity index (χ4v) is 2.53. The largest absolute Gasteiger partial charge is 0.481 e. The molecule has 0 amide bonds. The van der Waals surface area contributed by atoms with E-state index in [4.69, 9.17) is 0 Å². The molecular formula is C13H16N2O4. The van der Waals surface area contributed by atoms with E-state index in [0.29, 0.717) is 31.5 Å². The molecule has 0 aromatic heterocycles. The predicted octanol–water partition coefficient (Wildman–Crippen LogP) is 1.64. The molecule has 1 aliphatic heterocycles. The van der Waals surface area contributed by atoms with Gasteiger partial charge in [0, 0.05) is 12.1 Å². The summed E-state index contributed by atoms with van der Waals surface area (Å²) >= 11 is 0. The van der Waals surface area contributed by atoms with Gasteiger partial charge in [-0.25, -0.2) is 0 Å². The van der Waals surface area contributed by atoms with E-state index in [1.165, 1.54) is 12.1 Å². The number of likely N-dealkylation sites (tertiary alicyclic amines) is 1. The lowest BCUT2D eigenvalue weighted by Crippen LogP contribution is -2.46. The van der Waals surface area contributed by atoms with Crippen molar-refractivity contribution < 1.29 is 14.8 Å². The van der Waals surface area contributed by atoms with Crippen LogP contribution in [0.15, 0.2) is 24.3 Å². The number of carboxylic acids is 1. The van der Waals surface area contributed by atoms with Crippen molar-refractivity contribution in [3.05, 3.63) is 39.9 Å². The number of carboxylic acid groups (broad SMARTS) is 1. The summed E-state index contributed by atoms with van der Waals surface area (Å²) in [7, 11) is 1.96. The quantitative estimate of drug-likeness (QED) is 0.662. The summed E-state index contributed by atoms with van der Waals surface area (Å²) < 4.78 is 0. The highest BCUT2D eigenvalue weighted by Gasteiger charge is 2.42. The molecule has 0 unspecified atom stereocenters. The van der Waals surface area contributed by atoms with Gasteiger partial charge in [0.1, 0.15) is 0 Å². The van der Waals surface area contributed by atoms with Crippen LogP contribution in [0.2, 0.25) is 0 Å². The summed E-state index contributed by atoms with van der Waals surface area (Å²) in [6.45, 7) is 1.42. The third kappa shape index (κ3) is 2.44. The number of nitro benzene ring substituents is 1. The molecule has 6 heteroatoms. The first-order valence-corrected chi connectivity index (χ1v) is 6.12. The van der Waals surface area contributed by atoms with Gasteiger partial charge in [-0.3, -0.25) is 14.9 Å². The number of non-ortho nitro benzene ring substituents is 1. The van der Waals surface area contributed by atoms with Gasteiger partial charge in [-0.1, -0.05) is 12.1 Å². The van der Waals surface area contributed by atoms with Crippen molar-refractivity contribution in [1.29, 1.82) is 0 Å². The molecule has 1 aromatic carbocycles. The minimum atomic E-state index is -0.915. The van der Waals surface area contributed by atoms with E-state index in [1.54, 1.807) is 12.1 Å². The van der Waals surface area contributed by atoms with Gasteiger partial charge in [0.25, 0.3) is 5.69 Å². The van der Waals surface area contributed by atoms with Gasteiger partial charge in [-0.05, 0) is 38.5 Å². The van der Waals surface area contributed by atoms with Gasteiger partial charge in [-0.2, -0.15) is 0 Å². The Morgan fingerprint density at radius 3 is 2.26 bits per heavy atom. The molecule has 0 aliphatic carbocycles. The molecule has 0 bridgehead atoms. The highest BCUT2D eigenvalue weighted by atomic mass is 16.6. The fraction of sp³-hybridized carbons (Fsp3) is 0.462. The van der Waals surface area contributed by atoms with E-state index in [1.807, 2.05) is 7.05 Å². The molecule has 1 N–H and O–H groups in total. The van der Waals surface area contributed by atoms with Crippen LogP contribution in [0, 0.1) is 10.1 Å². The molecule has 1 aliphatic rings. The molecule has 1 aromatic rings. The zero-order valence-electron chi connectivity index (χ0n) is 10.7. The van der Waals surface area contributed by atoms with E-state index in [9.17, 15) is 20.0 Å². The average Bonchev–Trinajstić information content (AvgIpc) is 2.39. The summed E-state index contributed by atoms with van der Waals surface area (Å²) in [4.78, 5) is 23.9. The van der Waals surface area contributed by atoms with Crippen molar-refractivity contribution in [3.63, 3.8) is 0 Å². The second kappa shape index (κ2) is 4.97. The monoisotopic (exact) mass is 264 g/mol. The Hall–Kier alpha value is -1.95. The maximum absolute atomic E-state index is 11.6. The van der Waals surface area contributed by atoms with Crippen molar-refractivity contribution in [1.82, 2.24) is 4.90 Å². The van der Waals surface area contributed by atoms with Gasteiger partial charge in [-0.15, -0.1) is 0 Å². The number of rotatable bonds is 3. The Balaban J connectivity index is 2.34. The highest BCUT2D eigenvalue weighted by Crippen LogP contribution is 2.36. The molecule has 0 radical (unpaired) electrons. The van der Waals surface area contributed by atoms with Crippen LogP contribution in [0.5, 0.6) is 0 Å². The van der Waals surface area contributed by atoms with Crippen molar-refractivity contribution in [2.45, 2.75) is 18.3 Å². The van der Waals surface area contributed by atoms with E-state index in [-0.39, 0.29) is 5.69 Å². The first-order chi connectivity index (χ1) is 8.95. The summed E-state index contributed by atoms with van der Waals surface area (Å²) in [5.74, 6) is -0.852. The minimum absolute atomic E-state index is 0.0165. The standard InChI is InChI=1S/C13H16N2O4/c1-14-8-6-13(7-9-14,12(16)17)10-2-4-11(5-3-10)15(18)19/h2-5H,6-9H2,1H3,(H,16,17). The van der Waals surface area contributed by atoms with E-state index in [2.05, 4.69) is 4.90 Å². The Bertz CT molecular complexity index is 490. The molecule has 102 valence electrons. The highest BCUT2D eigenvalue weighted by molar-refractivity contribution is 5.81. The number of nitro groups is 1. The van der Waals surface area contributed by atoms with Crippen molar-refractivity contribution >= 4 is 11.7 Å². The van der Waals surface area contributed by atoms with Crippen LogP contribution < -0.4 is 0 Å². The first kappa shape index (κ1) is 13.5. The topological polar surface area (TPSA) is 83.7 Å². The lowest BCUT2D eigenvalue weighted by atomic mass is 9.73. The molecular weight excluding hydrogens is 248 g/mol. The predicted molar refractivity (Wildman–Crippen MR) is 69.1 cm³/mol. The van der Waals surface area contributed by atoms with Crippen LogP contribution in [0.1, 0.15) is 18.4 Å². The summed E-state index contributed by atoms with van der Waals surface area (Å²) in [6.07, 6.45) is 1.05. The van der Waals surface area contributed by atoms with E-state index >= 15 is 0 Å². The van der Waals surface area contributed by atoms with Crippen LogP contribution in [-0.4, -0.2) is 41.0 Å². The smallest absolute Gasteiger partial charge is 0.314 e. The SMILES string of the molecule is CN1CCC(C(=O)O)(c2ccc([N+](=O)[O-])cc2)CC1. The van der Waals surface area contributed by atoms with Crippen molar-refractivity contribution in [2.75, 3.05) is 20.1 Å². The molecule has 1 fully saturated rings. The van der Waals surface area contributed by atoms with Crippen LogP contribution in [0.3, 0.4) is 0 Å². The van der Waals surface area contributed by atoms with Crippen LogP contribution in [0.25, 0.3) is 0 Å². The number of aliphatic carboxylic acids is 1. The zero-order valence-corrected chi connectivity index (χ0v) is 10.7. The molecule has 6 nitrogen and oxygen atoms in total. The summed E-state index contributed by atoms with van der Waals surface area (Å²) in [6, 6.07) is 5.88. The lowest BCUT2D eigenvalue weighted by molar-refractivity contribution is -0.384. The Kier molecular flexibility index (Phi) is 3.53. The van der Waals surface area contributed by atoms with E-state index < -0.39 is 16.3 Å². The maximum atomic E-state index is 11.6. The molecule has 19 heavy (non-hydrogen) atoms. The molecule has 0 atom stereocenters. The second-order valence-corrected chi connectivity index (χ2v) is 4.99. The Labute approximate surface area is 110 Å². The summed E-state index contributed by atoms with van der Waals surface area (Å²) in [5.41, 5.74) is -0.280. The number of piperidine rings is 1. The zero-order chi connectivity index (χ0) is 14.0. The normalized spacial score (nSPS) is 19.0.